The summed E-state index contributed by atoms with van der Waals surface area (Å²) in [6.45, 7) is 2.18. The molecule has 0 fully saturated rings. The summed E-state index contributed by atoms with van der Waals surface area (Å²) < 4.78 is 2.43. The van der Waals surface area contributed by atoms with Gasteiger partial charge in [0.1, 0.15) is 0 Å². The summed E-state index contributed by atoms with van der Waals surface area (Å²) in [5, 5.41) is 5.60. The number of fused-ring (bicyclic) bond motifs is 1. The molecule has 0 aliphatic rings. The van der Waals surface area contributed by atoms with Crippen molar-refractivity contribution in [1.29, 1.82) is 0 Å². The second-order valence-electron chi connectivity index (χ2n) is 4.45. The van der Waals surface area contributed by atoms with Gasteiger partial charge in [-0.15, -0.1) is 22.7 Å². The van der Waals surface area contributed by atoms with Crippen molar-refractivity contribution in [3.05, 3.63) is 55.5 Å². The van der Waals surface area contributed by atoms with Crippen molar-refractivity contribution in [2.45, 2.75) is 19.4 Å². The van der Waals surface area contributed by atoms with E-state index in [1.807, 2.05) is 0 Å². The van der Waals surface area contributed by atoms with Crippen LogP contribution in [0.4, 0.5) is 0 Å². The minimum Gasteiger partial charge on any atom is -0.320 e. The molecule has 0 radical (unpaired) electrons. The molecule has 0 aliphatic carbocycles. The average Bonchev–Trinajstić information content (AvgIpc) is 3.05. The zero-order valence-corrected chi connectivity index (χ0v) is 13.7. The lowest BCUT2D eigenvalue weighted by molar-refractivity contribution is 0.886. The molecule has 3 aromatic rings. The Labute approximate surface area is 129 Å². The summed E-state index contributed by atoms with van der Waals surface area (Å²) in [6, 6.07) is 8.48. The zero-order valence-electron chi connectivity index (χ0n) is 10.5. The Kier molecular flexibility index (Phi) is 3.76. The first-order valence-corrected chi connectivity index (χ1v) is 8.75. The van der Waals surface area contributed by atoms with Crippen molar-refractivity contribution < 1.29 is 0 Å². The maximum absolute atomic E-state index is 6.50. The van der Waals surface area contributed by atoms with Crippen molar-refractivity contribution in [3.8, 4) is 0 Å². The standard InChI is InChI=1S/C15H14BrNS2/c1-2-9-6-7-18-14(9)13(17)11-8-19-15-10(11)4-3-5-12(15)16/h3-8,13H,2,17H2,1H3. The molecule has 0 amide bonds. The first-order valence-electron chi connectivity index (χ1n) is 6.19. The van der Waals surface area contributed by atoms with Crippen LogP contribution in [0.15, 0.2) is 39.5 Å². The summed E-state index contributed by atoms with van der Waals surface area (Å²) in [4.78, 5) is 1.29. The van der Waals surface area contributed by atoms with E-state index in [9.17, 15) is 0 Å². The minimum atomic E-state index is -0.0157. The van der Waals surface area contributed by atoms with Crippen LogP contribution in [0.2, 0.25) is 0 Å². The third-order valence-corrected chi connectivity index (χ3v) is 6.37. The maximum atomic E-state index is 6.50. The summed E-state index contributed by atoms with van der Waals surface area (Å²) in [6.07, 6.45) is 1.04. The van der Waals surface area contributed by atoms with Crippen molar-refractivity contribution in [2.24, 2.45) is 5.73 Å². The molecule has 2 heterocycles. The van der Waals surface area contributed by atoms with E-state index in [4.69, 9.17) is 5.73 Å². The summed E-state index contributed by atoms with van der Waals surface area (Å²) in [5.41, 5.74) is 9.10. The lowest BCUT2D eigenvalue weighted by Crippen LogP contribution is -2.11. The highest BCUT2D eigenvalue weighted by molar-refractivity contribution is 9.10. The van der Waals surface area contributed by atoms with Crippen LogP contribution in [0.1, 0.15) is 29.0 Å². The van der Waals surface area contributed by atoms with Crippen molar-refractivity contribution >= 4 is 48.7 Å². The first-order chi connectivity index (χ1) is 9.22. The van der Waals surface area contributed by atoms with E-state index in [-0.39, 0.29) is 6.04 Å². The van der Waals surface area contributed by atoms with E-state index in [2.05, 4.69) is 57.9 Å². The normalized spacial score (nSPS) is 13.0. The fourth-order valence-electron chi connectivity index (χ4n) is 2.34. The van der Waals surface area contributed by atoms with Gasteiger partial charge in [-0.1, -0.05) is 19.1 Å². The Morgan fingerprint density at radius 2 is 2.11 bits per heavy atom. The molecule has 0 aliphatic heterocycles. The van der Waals surface area contributed by atoms with Gasteiger partial charge in [-0.05, 0) is 61.8 Å². The molecule has 0 saturated carbocycles. The van der Waals surface area contributed by atoms with Crippen LogP contribution in [-0.4, -0.2) is 0 Å². The van der Waals surface area contributed by atoms with Crippen LogP contribution in [0.25, 0.3) is 10.1 Å². The second kappa shape index (κ2) is 5.37. The lowest BCUT2D eigenvalue weighted by Gasteiger charge is -2.11. The summed E-state index contributed by atoms with van der Waals surface area (Å²) in [7, 11) is 0. The fourth-order valence-corrected chi connectivity index (χ4v) is 5.01. The summed E-state index contributed by atoms with van der Waals surface area (Å²) in [5.74, 6) is 0. The quantitative estimate of drug-likeness (QED) is 0.677. The van der Waals surface area contributed by atoms with Crippen molar-refractivity contribution in [3.63, 3.8) is 0 Å². The number of rotatable bonds is 3. The van der Waals surface area contributed by atoms with Crippen LogP contribution in [-0.2, 0) is 6.42 Å². The summed E-state index contributed by atoms with van der Waals surface area (Å²) >= 11 is 7.13. The Hall–Kier alpha value is -0.680. The Morgan fingerprint density at radius 1 is 1.26 bits per heavy atom. The molecule has 0 bridgehead atoms. The highest BCUT2D eigenvalue weighted by Crippen LogP contribution is 2.38. The molecule has 1 nitrogen and oxygen atoms in total. The van der Waals surface area contributed by atoms with Crippen molar-refractivity contribution in [1.82, 2.24) is 0 Å². The third kappa shape index (κ3) is 2.27. The van der Waals surface area contributed by atoms with E-state index in [0.29, 0.717) is 0 Å². The first kappa shape index (κ1) is 13.3. The maximum Gasteiger partial charge on any atom is 0.0663 e. The largest absolute Gasteiger partial charge is 0.320 e. The van der Waals surface area contributed by atoms with Gasteiger partial charge in [0.25, 0.3) is 0 Å². The van der Waals surface area contributed by atoms with E-state index < -0.39 is 0 Å². The van der Waals surface area contributed by atoms with Gasteiger partial charge >= 0.3 is 0 Å². The number of benzene rings is 1. The molecule has 1 atom stereocenters. The molecular weight excluding hydrogens is 338 g/mol. The zero-order chi connectivity index (χ0) is 13.4. The Balaban J connectivity index is 2.12. The molecule has 2 N–H and O–H groups in total. The smallest absolute Gasteiger partial charge is 0.0663 e. The molecule has 0 saturated heterocycles. The lowest BCUT2D eigenvalue weighted by atomic mass is 10.0. The SMILES string of the molecule is CCc1ccsc1C(N)c1csc2c(Br)cccc12. The Bertz CT molecular complexity index is 714. The van der Waals surface area contributed by atoms with Gasteiger partial charge < -0.3 is 5.73 Å². The predicted octanol–water partition coefficient (Wildman–Crippen LogP) is 5.34. The van der Waals surface area contributed by atoms with Gasteiger partial charge in [-0.2, -0.15) is 0 Å². The Morgan fingerprint density at radius 3 is 2.89 bits per heavy atom. The van der Waals surface area contributed by atoms with Gasteiger partial charge in [-0.3, -0.25) is 0 Å². The van der Waals surface area contributed by atoms with Crippen LogP contribution in [0, 0.1) is 0 Å². The van der Waals surface area contributed by atoms with Crippen molar-refractivity contribution in [2.75, 3.05) is 0 Å². The average molecular weight is 352 g/mol. The number of hydrogen-bond acceptors (Lipinski definition) is 3. The minimum absolute atomic E-state index is 0.0157. The molecular formula is C15H14BrNS2. The van der Waals surface area contributed by atoms with Gasteiger partial charge in [0.15, 0.2) is 0 Å². The number of nitrogens with two attached hydrogens (primary N) is 1. The third-order valence-electron chi connectivity index (χ3n) is 3.36. The number of halogens is 1. The van der Waals surface area contributed by atoms with Gasteiger partial charge in [-0.25, -0.2) is 0 Å². The topological polar surface area (TPSA) is 26.0 Å². The van der Waals surface area contributed by atoms with Crippen LogP contribution >= 0.6 is 38.6 Å². The highest BCUT2D eigenvalue weighted by Gasteiger charge is 2.18. The van der Waals surface area contributed by atoms with E-state index in [1.54, 1.807) is 22.7 Å². The van der Waals surface area contributed by atoms with Crippen LogP contribution < -0.4 is 5.73 Å². The predicted molar refractivity (Wildman–Crippen MR) is 89.3 cm³/mol. The van der Waals surface area contributed by atoms with E-state index in [1.165, 1.54) is 26.1 Å². The van der Waals surface area contributed by atoms with E-state index in [0.717, 1.165) is 10.9 Å². The number of hydrogen-bond donors (Lipinski definition) is 1. The second-order valence-corrected chi connectivity index (χ2v) is 7.13. The molecule has 3 rings (SSSR count). The molecule has 0 spiro atoms. The molecule has 19 heavy (non-hydrogen) atoms. The van der Waals surface area contributed by atoms with Gasteiger partial charge in [0.2, 0.25) is 0 Å². The van der Waals surface area contributed by atoms with Gasteiger partial charge in [0, 0.05) is 14.0 Å². The number of aryl methyl sites for hydroxylation is 1. The number of thiophene rings is 2. The highest BCUT2D eigenvalue weighted by atomic mass is 79.9. The van der Waals surface area contributed by atoms with Crippen LogP contribution in [0.5, 0.6) is 0 Å². The fraction of sp³-hybridized carbons (Fsp3) is 0.200. The molecule has 4 heteroatoms. The van der Waals surface area contributed by atoms with Crippen LogP contribution in [0.3, 0.4) is 0 Å². The van der Waals surface area contributed by atoms with Gasteiger partial charge in [0.05, 0.1) is 6.04 Å². The molecule has 2 aromatic heterocycles. The molecule has 1 unspecified atom stereocenters. The monoisotopic (exact) mass is 351 g/mol. The molecule has 98 valence electrons. The van der Waals surface area contributed by atoms with E-state index >= 15 is 0 Å². The molecule has 1 aromatic carbocycles.